The highest BCUT2D eigenvalue weighted by Gasteiger charge is 2.31. The van der Waals surface area contributed by atoms with Crippen molar-refractivity contribution >= 4 is 22.7 Å². The van der Waals surface area contributed by atoms with Crippen molar-refractivity contribution < 1.29 is 4.39 Å². The maximum atomic E-state index is 13.4. The molecule has 0 N–H and O–H groups in total. The molecule has 0 radical (unpaired) electrons. The fourth-order valence-electron chi connectivity index (χ4n) is 4.44. The fourth-order valence-corrected chi connectivity index (χ4v) is 5.12. The van der Waals surface area contributed by atoms with Gasteiger partial charge in [0, 0.05) is 56.5 Å². The van der Waals surface area contributed by atoms with E-state index in [9.17, 15) is 4.39 Å². The number of nitrogens with zero attached hydrogens (tertiary/aromatic N) is 7. The largest absolute Gasteiger partial charge is 0.378 e. The van der Waals surface area contributed by atoms with E-state index in [2.05, 4.69) is 72.0 Å². The monoisotopic (exact) mass is 477 g/mol. The number of anilines is 2. The molecule has 1 unspecified atom stereocenters. The first-order valence-electron chi connectivity index (χ1n) is 11.4. The molecule has 3 heterocycles. The van der Waals surface area contributed by atoms with Crippen molar-refractivity contribution in [2.24, 2.45) is 0 Å². The van der Waals surface area contributed by atoms with Gasteiger partial charge in [-0.15, -0.1) is 16.4 Å². The third-order valence-electron chi connectivity index (χ3n) is 6.29. The summed E-state index contributed by atoms with van der Waals surface area (Å²) in [6.45, 7) is 4.06. The molecule has 1 atom stereocenters. The fraction of sp³-hybridized carbons (Fsp3) is 0.320. The van der Waals surface area contributed by atoms with Gasteiger partial charge in [-0.2, -0.15) is 0 Å². The summed E-state index contributed by atoms with van der Waals surface area (Å²) in [5.74, 6) is 0.641. The molecule has 9 heteroatoms. The van der Waals surface area contributed by atoms with Gasteiger partial charge < -0.3 is 9.80 Å². The maximum Gasteiger partial charge on any atom is 0.173 e. The Bertz CT molecular complexity index is 1180. The number of aromatic nitrogens is 4. The zero-order valence-electron chi connectivity index (χ0n) is 19.4. The van der Waals surface area contributed by atoms with Gasteiger partial charge in [0.1, 0.15) is 5.82 Å². The summed E-state index contributed by atoms with van der Waals surface area (Å²) in [5, 5.41) is 14.9. The summed E-state index contributed by atoms with van der Waals surface area (Å²) in [5.41, 5.74) is 3.38. The van der Waals surface area contributed by atoms with Crippen molar-refractivity contribution in [3.05, 3.63) is 88.1 Å². The number of rotatable bonds is 7. The van der Waals surface area contributed by atoms with Crippen molar-refractivity contribution in [3.8, 4) is 0 Å². The lowest BCUT2D eigenvalue weighted by Gasteiger charge is -2.40. The molecule has 176 valence electrons. The van der Waals surface area contributed by atoms with Crippen molar-refractivity contribution in [1.82, 2.24) is 25.1 Å². The van der Waals surface area contributed by atoms with E-state index in [1.165, 1.54) is 22.6 Å². The molecule has 2 aromatic heterocycles. The van der Waals surface area contributed by atoms with Crippen LogP contribution in [0.5, 0.6) is 0 Å². The van der Waals surface area contributed by atoms with Crippen LogP contribution in [0.25, 0.3) is 0 Å². The Morgan fingerprint density at radius 2 is 1.71 bits per heavy atom. The maximum absolute atomic E-state index is 13.4. The number of hydrogen-bond donors (Lipinski definition) is 0. The minimum Gasteiger partial charge on any atom is -0.378 e. The van der Waals surface area contributed by atoms with E-state index >= 15 is 0 Å². The lowest BCUT2D eigenvalue weighted by Crippen LogP contribution is -2.48. The number of thiophene rings is 1. The Morgan fingerprint density at radius 3 is 2.35 bits per heavy atom. The van der Waals surface area contributed by atoms with Crippen LogP contribution in [-0.2, 0) is 6.54 Å². The topological polar surface area (TPSA) is 53.3 Å². The minimum absolute atomic E-state index is 0.0541. The predicted octanol–water partition coefficient (Wildman–Crippen LogP) is 3.90. The summed E-state index contributed by atoms with van der Waals surface area (Å²) in [6.07, 6.45) is 0. The standard InChI is InChI=1S/C25H28FN7S/c1-30(2)21-9-5-19(6-10-21)24(25-27-28-29-33(25)18-23-4-3-17-34-23)32-15-13-31(14-16-32)22-11-7-20(26)8-12-22/h3-12,17,24H,13-16,18H2,1-2H3. The molecule has 0 spiro atoms. The van der Waals surface area contributed by atoms with Gasteiger partial charge in [-0.3, -0.25) is 4.90 Å². The Hall–Kier alpha value is -3.30. The van der Waals surface area contributed by atoms with Gasteiger partial charge in [-0.05, 0) is 63.8 Å². The van der Waals surface area contributed by atoms with E-state index in [1.807, 2.05) is 30.9 Å². The van der Waals surface area contributed by atoms with E-state index in [-0.39, 0.29) is 11.9 Å². The SMILES string of the molecule is CN(C)c1ccc(C(c2nnnn2Cc2cccs2)N2CCN(c3ccc(F)cc3)CC2)cc1. The van der Waals surface area contributed by atoms with E-state index in [1.54, 1.807) is 11.3 Å². The Morgan fingerprint density at radius 1 is 0.971 bits per heavy atom. The number of hydrogen-bond acceptors (Lipinski definition) is 7. The second-order valence-electron chi connectivity index (χ2n) is 8.66. The number of benzene rings is 2. The van der Waals surface area contributed by atoms with Crippen molar-refractivity contribution in [3.63, 3.8) is 0 Å². The lowest BCUT2D eigenvalue weighted by atomic mass is 10.0. The van der Waals surface area contributed by atoms with Gasteiger partial charge in [-0.1, -0.05) is 18.2 Å². The van der Waals surface area contributed by atoms with E-state index < -0.39 is 0 Å². The molecule has 1 aliphatic heterocycles. The quantitative estimate of drug-likeness (QED) is 0.403. The van der Waals surface area contributed by atoms with Crippen molar-refractivity contribution in [2.45, 2.75) is 12.6 Å². The molecule has 1 saturated heterocycles. The molecule has 1 aliphatic rings. The van der Waals surface area contributed by atoms with Crippen LogP contribution in [0.4, 0.5) is 15.8 Å². The predicted molar refractivity (Wildman–Crippen MR) is 134 cm³/mol. The first-order chi connectivity index (χ1) is 16.6. The Balaban J connectivity index is 1.42. The molecule has 5 rings (SSSR count). The second kappa shape index (κ2) is 9.90. The van der Waals surface area contributed by atoms with Gasteiger partial charge >= 0.3 is 0 Å². The highest BCUT2D eigenvalue weighted by molar-refractivity contribution is 7.09. The summed E-state index contributed by atoms with van der Waals surface area (Å²) in [4.78, 5) is 8.07. The van der Waals surface area contributed by atoms with Crippen molar-refractivity contribution in [1.29, 1.82) is 0 Å². The zero-order chi connectivity index (χ0) is 23.5. The van der Waals surface area contributed by atoms with Gasteiger partial charge in [0.2, 0.25) is 0 Å². The highest BCUT2D eigenvalue weighted by Crippen LogP contribution is 2.31. The highest BCUT2D eigenvalue weighted by atomic mass is 32.1. The summed E-state index contributed by atoms with van der Waals surface area (Å²) < 4.78 is 15.3. The average Bonchev–Trinajstić information content (AvgIpc) is 3.54. The van der Waals surface area contributed by atoms with E-state index in [4.69, 9.17) is 0 Å². The van der Waals surface area contributed by atoms with Crippen LogP contribution in [0.1, 0.15) is 22.3 Å². The second-order valence-corrected chi connectivity index (χ2v) is 9.69. The zero-order valence-corrected chi connectivity index (χ0v) is 20.2. The van der Waals surface area contributed by atoms with Gasteiger partial charge in [0.05, 0.1) is 12.6 Å². The third kappa shape index (κ3) is 4.80. The normalized spacial score (nSPS) is 15.4. The summed E-state index contributed by atoms with van der Waals surface area (Å²) >= 11 is 1.71. The van der Waals surface area contributed by atoms with Crippen molar-refractivity contribution in [2.75, 3.05) is 50.1 Å². The average molecular weight is 478 g/mol. The van der Waals surface area contributed by atoms with Gasteiger partial charge in [0.15, 0.2) is 5.82 Å². The molecule has 4 aromatic rings. The molecule has 2 aromatic carbocycles. The van der Waals surface area contributed by atoms with Crippen LogP contribution in [0.2, 0.25) is 0 Å². The minimum atomic E-state index is -0.207. The smallest absolute Gasteiger partial charge is 0.173 e. The van der Waals surface area contributed by atoms with Crippen LogP contribution in [0.3, 0.4) is 0 Å². The Kier molecular flexibility index (Phi) is 6.55. The molecule has 0 bridgehead atoms. The molecule has 0 saturated carbocycles. The number of piperazine rings is 1. The Labute approximate surface area is 203 Å². The van der Waals surface area contributed by atoms with Crippen LogP contribution >= 0.6 is 11.3 Å². The summed E-state index contributed by atoms with van der Waals surface area (Å²) in [7, 11) is 4.09. The van der Waals surface area contributed by atoms with E-state index in [0.717, 1.165) is 43.4 Å². The van der Waals surface area contributed by atoms with E-state index in [0.29, 0.717) is 6.54 Å². The third-order valence-corrected chi connectivity index (χ3v) is 7.15. The number of halogens is 1. The van der Waals surface area contributed by atoms with Crippen LogP contribution in [0, 0.1) is 5.82 Å². The van der Waals surface area contributed by atoms with Gasteiger partial charge in [0.25, 0.3) is 0 Å². The first-order valence-corrected chi connectivity index (χ1v) is 12.3. The molecule has 0 amide bonds. The first kappa shape index (κ1) is 22.5. The molecule has 7 nitrogen and oxygen atoms in total. The molecule has 1 fully saturated rings. The van der Waals surface area contributed by atoms with Crippen LogP contribution in [0.15, 0.2) is 66.0 Å². The van der Waals surface area contributed by atoms with Crippen LogP contribution < -0.4 is 9.80 Å². The molecule has 0 aliphatic carbocycles. The number of tetrazole rings is 1. The lowest BCUT2D eigenvalue weighted by molar-refractivity contribution is 0.201. The molecule has 34 heavy (non-hydrogen) atoms. The summed E-state index contributed by atoms with van der Waals surface area (Å²) in [6, 6.07) is 19.5. The van der Waals surface area contributed by atoms with Gasteiger partial charge in [-0.25, -0.2) is 9.07 Å². The molecular weight excluding hydrogens is 449 g/mol. The molecular formula is C25H28FN7S. The van der Waals surface area contributed by atoms with Crippen LogP contribution in [-0.4, -0.2) is 65.4 Å².